The van der Waals surface area contributed by atoms with Gasteiger partial charge in [-0.15, -0.1) is 0 Å². The molecule has 0 aromatic carbocycles. The highest BCUT2D eigenvalue weighted by Crippen LogP contribution is 2.18. The quantitative estimate of drug-likeness (QED) is 0.147. The monoisotopic (exact) mass is 425 g/mol. The van der Waals surface area contributed by atoms with Crippen LogP contribution in [0.2, 0.25) is 0 Å². The Hall–Kier alpha value is -0.940. The lowest BCUT2D eigenvalue weighted by atomic mass is 10.0. The van der Waals surface area contributed by atoms with Crippen LogP contribution in [0, 0.1) is 0 Å². The van der Waals surface area contributed by atoms with Crippen LogP contribution in [0.4, 0.5) is 0 Å². The zero-order valence-corrected chi connectivity index (χ0v) is 19.5. The first-order valence-corrected chi connectivity index (χ1v) is 12.8. The predicted octanol–water partition coefficient (Wildman–Crippen LogP) is 6.17. The second kappa shape index (κ2) is 17.7. The van der Waals surface area contributed by atoms with Gasteiger partial charge in [-0.2, -0.15) is 0 Å². The Labute approximate surface area is 184 Å². The van der Waals surface area contributed by atoms with Gasteiger partial charge in [0.15, 0.2) is 0 Å². The van der Waals surface area contributed by atoms with E-state index >= 15 is 0 Å². The average Bonchev–Trinajstić information content (AvgIpc) is 3.18. The Bertz CT molecular complexity index is 446. The summed E-state index contributed by atoms with van der Waals surface area (Å²) in [4.78, 5) is 23.5. The lowest BCUT2D eigenvalue weighted by Crippen LogP contribution is -2.49. The molecule has 0 spiro atoms. The van der Waals surface area contributed by atoms with Crippen molar-refractivity contribution in [3.63, 3.8) is 0 Å². The average molecular weight is 426 g/mol. The van der Waals surface area contributed by atoms with Crippen LogP contribution in [0.1, 0.15) is 135 Å². The van der Waals surface area contributed by atoms with Gasteiger partial charge in [-0.1, -0.05) is 110 Å². The van der Waals surface area contributed by atoms with Gasteiger partial charge < -0.3 is 9.84 Å². The van der Waals surface area contributed by atoms with Crippen LogP contribution >= 0.6 is 0 Å². The van der Waals surface area contributed by atoms with E-state index in [4.69, 9.17) is 4.74 Å². The largest absolute Gasteiger partial charge is 0.390 e. The summed E-state index contributed by atoms with van der Waals surface area (Å²) in [5.74, 6) is -1.37. The van der Waals surface area contributed by atoms with Crippen LogP contribution in [0.15, 0.2) is 0 Å². The summed E-state index contributed by atoms with van der Waals surface area (Å²) in [6.45, 7) is 2.84. The molecule has 2 N–H and O–H groups in total. The summed E-state index contributed by atoms with van der Waals surface area (Å²) in [6.07, 6.45) is 23.3. The molecule has 1 heterocycles. The Balaban J connectivity index is 1.79. The highest BCUT2D eigenvalue weighted by molar-refractivity contribution is 5.90. The maximum absolute atomic E-state index is 11.8. The molecule has 5 heteroatoms. The summed E-state index contributed by atoms with van der Waals surface area (Å²) in [6, 6.07) is 0. The van der Waals surface area contributed by atoms with E-state index in [2.05, 4.69) is 12.2 Å². The normalized spacial score (nSPS) is 18.6. The molecule has 0 aliphatic carbocycles. The third-order valence-electron chi connectivity index (χ3n) is 6.16. The third-order valence-corrected chi connectivity index (χ3v) is 6.16. The number of rotatable bonds is 19. The number of nitrogens with one attached hydrogen (secondary N) is 1. The molecule has 1 fully saturated rings. The molecule has 1 rings (SSSR count). The van der Waals surface area contributed by atoms with E-state index in [1.54, 1.807) is 0 Å². The van der Waals surface area contributed by atoms with Gasteiger partial charge in [-0.05, 0) is 19.4 Å². The van der Waals surface area contributed by atoms with Crippen molar-refractivity contribution in [2.24, 2.45) is 0 Å². The van der Waals surface area contributed by atoms with Crippen molar-refractivity contribution in [2.45, 2.75) is 141 Å². The molecule has 0 saturated carbocycles. The van der Waals surface area contributed by atoms with Gasteiger partial charge in [-0.3, -0.25) is 10.1 Å². The molecule has 0 aromatic heterocycles. The van der Waals surface area contributed by atoms with Crippen molar-refractivity contribution in [1.29, 1.82) is 0 Å². The van der Waals surface area contributed by atoms with Crippen molar-refractivity contribution < 1.29 is 19.4 Å². The van der Waals surface area contributed by atoms with Gasteiger partial charge in [0.1, 0.15) is 0 Å². The van der Waals surface area contributed by atoms with E-state index < -0.39 is 17.7 Å². The molecule has 1 aliphatic heterocycles. The van der Waals surface area contributed by atoms with Crippen LogP contribution in [0.25, 0.3) is 0 Å². The molecule has 0 aromatic rings. The third kappa shape index (κ3) is 13.4. The maximum Gasteiger partial charge on any atom is 0.361 e. The number of aliphatic hydroxyl groups is 1. The van der Waals surface area contributed by atoms with E-state index in [1.807, 2.05) is 0 Å². The van der Waals surface area contributed by atoms with Crippen LogP contribution < -0.4 is 5.32 Å². The fraction of sp³-hybridized carbons (Fsp3) is 0.920. The van der Waals surface area contributed by atoms with E-state index in [-0.39, 0.29) is 6.42 Å². The summed E-state index contributed by atoms with van der Waals surface area (Å²) >= 11 is 0. The fourth-order valence-corrected chi connectivity index (χ4v) is 4.14. The number of ether oxygens (including phenoxy) is 1. The smallest absolute Gasteiger partial charge is 0.361 e. The molecule has 0 amide bonds. The summed E-state index contributed by atoms with van der Waals surface area (Å²) in [5, 5.41) is 12.7. The molecule has 1 saturated heterocycles. The van der Waals surface area contributed by atoms with Crippen LogP contribution in [0.3, 0.4) is 0 Å². The number of hydrogen-bond donors (Lipinski definition) is 2. The van der Waals surface area contributed by atoms with Gasteiger partial charge in [-0.25, -0.2) is 4.79 Å². The summed E-state index contributed by atoms with van der Waals surface area (Å²) in [5.41, 5.74) is -1.66. The SMILES string of the molecule is CCCCCCCCCCCCCCCCCCCC(=O)OC(=O)[C@]1(O)CCCN1. The van der Waals surface area contributed by atoms with E-state index in [1.165, 1.54) is 89.9 Å². The molecule has 0 bridgehead atoms. The van der Waals surface area contributed by atoms with E-state index in [0.29, 0.717) is 19.4 Å². The van der Waals surface area contributed by atoms with Gasteiger partial charge in [0.05, 0.1) is 0 Å². The lowest BCUT2D eigenvalue weighted by Gasteiger charge is -2.19. The first-order chi connectivity index (χ1) is 14.6. The molecular formula is C25H47NO4. The molecular weight excluding hydrogens is 378 g/mol. The molecule has 30 heavy (non-hydrogen) atoms. The van der Waals surface area contributed by atoms with Crippen LogP contribution in [-0.2, 0) is 14.3 Å². The van der Waals surface area contributed by atoms with Gasteiger partial charge in [0.25, 0.3) is 0 Å². The highest BCUT2D eigenvalue weighted by Gasteiger charge is 2.41. The van der Waals surface area contributed by atoms with E-state index in [0.717, 1.165) is 19.3 Å². The number of carbonyl (C=O) groups is 2. The summed E-state index contributed by atoms with van der Waals surface area (Å²) < 4.78 is 4.78. The zero-order chi connectivity index (χ0) is 21.9. The minimum Gasteiger partial charge on any atom is -0.390 e. The molecule has 0 unspecified atom stereocenters. The molecule has 176 valence electrons. The first kappa shape index (κ1) is 27.1. The van der Waals surface area contributed by atoms with Crippen molar-refractivity contribution >= 4 is 11.9 Å². The second-order valence-corrected chi connectivity index (χ2v) is 9.06. The van der Waals surface area contributed by atoms with Gasteiger partial charge in [0.2, 0.25) is 5.72 Å². The topological polar surface area (TPSA) is 75.6 Å². The number of hydrogen-bond acceptors (Lipinski definition) is 5. The Morgan fingerprint density at radius 3 is 1.60 bits per heavy atom. The fourth-order valence-electron chi connectivity index (χ4n) is 4.14. The van der Waals surface area contributed by atoms with Crippen molar-refractivity contribution in [3.05, 3.63) is 0 Å². The number of carbonyl (C=O) groups excluding carboxylic acids is 2. The van der Waals surface area contributed by atoms with Crippen molar-refractivity contribution in [1.82, 2.24) is 5.32 Å². The lowest BCUT2D eigenvalue weighted by molar-refractivity contribution is -0.175. The summed E-state index contributed by atoms with van der Waals surface area (Å²) in [7, 11) is 0. The highest BCUT2D eigenvalue weighted by atomic mass is 16.6. The van der Waals surface area contributed by atoms with Crippen LogP contribution in [0.5, 0.6) is 0 Å². The Morgan fingerprint density at radius 1 is 0.767 bits per heavy atom. The maximum atomic E-state index is 11.8. The minimum atomic E-state index is -1.66. The van der Waals surface area contributed by atoms with Crippen molar-refractivity contribution in [3.8, 4) is 0 Å². The molecule has 1 atom stereocenters. The zero-order valence-electron chi connectivity index (χ0n) is 19.5. The predicted molar refractivity (Wildman–Crippen MR) is 122 cm³/mol. The number of esters is 2. The van der Waals surface area contributed by atoms with Crippen molar-refractivity contribution in [2.75, 3.05) is 6.54 Å². The molecule has 5 nitrogen and oxygen atoms in total. The van der Waals surface area contributed by atoms with Gasteiger partial charge in [0, 0.05) is 12.8 Å². The molecule has 0 radical (unpaired) electrons. The Kier molecular flexibility index (Phi) is 16.0. The standard InChI is InChI=1S/C25H47NO4/c1-2-3-4-5-6-7-8-9-10-11-12-13-14-15-16-17-18-20-23(27)30-24(28)25(29)21-19-22-26-25/h26,29H,2-22H2,1H3/t25-/m1/s1. The minimum absolute atomic E-state index is 0.250. The molecule has 1 aliphatic rings. The Morgan fingerprint density at radius 2 is 1.20 bits per heavy atom. The first-order valence-electron chi connectivity index (χ1n) is 12.8. The van der Waals surface area contributed by atoms with E-state index in [9.17, 15) is 14.7 Å². The van der Waals surface area contributed by atoms with Gasteiger partial charge >= 0.3 is 11.9 Å². The number of unbranched alkanes of at least 4 members (excludes halogenated alkanes) is 16. The van der Waals surface area contributed by atoms with Crippen LogP contribution in [-0.4, -0.2) is 29.3 Å². The second-order valence-electron chi connectivity index (χ2n) is 9.06.